The van der Waals surface area contributed by atoms with Crippen LogP contribution in [-0.4, -0.2) is 13.7 Å². The molecule has 0 amide bonds. The van der Waals surface area contributed by atoms with E-state index in [-0.39, 0.29) is 0 Å². The summed E-state index contributed by atoms with van der Waals surface area (Å²) in [6.07, 6.45) is 2.02. The summed E-state index contributed by atoms with van der Waals surface area (Å²) in [6, 6.07) is 5.73. The molecule has 0 saturated heterocycles. The van der Waals surface area contributed by atoms with Crippen molar-refractivity contribution >= 4 is 0 Å². The molecule has 1 rings (SSSR count). The Balaban J connectivity index is 2.75. The molecule has 1 aromatic carbocycles. The van der Waals surface area contributed by atoms with Crippen molar-refractivity contribution in [2.75, 3.05) is 13.7 Å². The zero-order valence-electron chi connectivity index (χ0n) is 10.1. The van der Waals surface area contributed by atoms with Crippen LogP contribution in [0.3, 0.4) is 0 Å². The van der Waals surface area contributed by atoms with Gasteiger partial charge in [-0.1, -0.05) is 11.6 Å². The van der Waals surface area contributed by atoms with Crippen LogP contribution in [0.2, 0.25) is 0 Å². The Morgan fingerprint density at radius 2 is 2.06 bits per heavy atom. The molecule has 0 radical (unpaired) electrons. The van der Waals surface area contributed by atoms with Gasteiger partial charge >= 0.3 is 0 Å². The molecule has 0 saturated carbocycles. The first-order valence-corrected chi connectivity index (χ1v) is 5.30. The predicted molar refractivity (Wildman–Crippen MR) is 65.8 cm³/mol. The van der Waals surface area contributed by atoms with Gasteiger partial charge in [-0.2, -0.15) is 0 Å². The number of ether oxygens (including phenoxy) is 2. The molecule has 0 aliphatic rings. The van der Waals surface area contributed by atoms with Crippen LogP contribution in [-0.2, 0) is 6.54 Å². The molecule has 0 bridgehead atoms. The lowest BCUT2D eigenvalue weighted by atomic mass is 10.2. The highest BCUT2D eigenvalue weighted by molar-refractivity contribution is 5.43. The molecule has 1 aromatic rings. The zero-order chi connectivity index (χ0) is 12.0. The normalized spacial score (nSPS) is 9.75. The second kappa shape index (κ2) is 6.18. The number of methoxy groups -OCH3 is 1. The van der Waals surface area contributed by atoms with Gasteiger partial charge in [0, 0.05) is 6.54 Å². The lowest BCUT2D eigenvalue weighted by molar-refractivity contribution is 0.325. The van der Waals surface area contributed by atoms with Crippen LogP contribution in [0.15, 0.2) is 29.8 Å². The van der Waals surface area contributed by atoms with E-state index in [4.69, 9.17) is 15.2 Å². The Morgan fingerprint density at radius 1 is 1.31 bits per heavy atom. The van der Waals surface area contributed by atoms with Crippen molar-refractivity contribution in [3.63, 3.8) is 0 Å². The fraction of sp³-hybridized carbons (Fsp3) is 0.385. The third-order valence-electron chi connectivity index (χ3n) is 2.19. The topological polar surface area (TPSA) is 44.5 Å². The van der Waals surface area contributed by atoms with Gasteiger partial charge in [-0.25, -0.2) is 0 Å². The molecule has 0 aliphatic carbocycles. The molecule has 0 aromatic heterocycles. The number of rotatable bonds is 5. The Labute approximate surface area is 96.9 Å². The highest BCUT2D eigenvalue weighted by Crippen LogP contribution is 2.27. The molecular weight excluding hydrogens is 202 g/mol. The molecule has 0 unspecified atom stereocenters. The first-order chi connectivity index (χ1) is 7.67. The lowest BCUT2D eigenvalue weighted by Gasteiger charge is -2.10. The van der Waals surface area contributed by atoms with Gasteiger partial charge in [0.25, 0.3) is 0 Å². The molecule has 88 valence electrons. The van der Waals surface area contributed by atoms with E-state index in [1.54, 1.807) is 7.11 Å². The van der Waals surface area contributed by atoms with E-state index < -0.39 is 0 Å². The average molecular weight is 221 g/mol. The highest BCUT2D eigenvalue weighted by atomic mass is 16.5. The molecule has 0 spiro atoms. The van der Waals surface area contributed by atoms with Gasteiger partial charge in [0.1, 0.15) is 6.61 Å². The van der Waals surface area contributed by atoms with Gasteiger partial charge in [-0.3, -0.25) is 0 Å². The van der Waals surface area contributed by atoms with Gasteiger partial charge in [-0.05, 0) is 37.6 Å². The van der Waals surface area contributed by atoms with Crippen LogP contribution in [0.25, 0.3) is 0 Å². The van der Waals surface area contributed by atoms with Crippen molar-refractivity contribution in [3.05, 3.63) is 35.4 Å². The van der Waals surface area contributed by atoms with E-state index in [1.807, 2.05) is 38.1 Å². The Hall–Kier alpha value is -1.48. The number of nitrogens with two attached hydrogens (primary N) is 1. The van der Waals surface area contributed by atoms with Crippen molar-refractivity contribution in [2.24, 2.45) is 5.73 Å². The monoisotopic (exact) mass is 221 g/mol. The standard InChI is InChI=1S/C13H19NO2/c1-10(2)6-7-16-12-5-4-11(9-14)8-13(12)15-3/h4-6,8H,7,9,14H2,1-3H3. The first kappa shape index (κ1) is 12.6. The van der Waals surface area contributed by atoms with Crippen molar-refractivity contribution in [1.29, 1.82) is 0 Å². The van der Waals surface area contributed by atoms with E-state index in [0.29, 0.717) is 13.2 Å². The minimum Gasteiger partial charge on any atom is -0.493 e. The first-order valence-electron chi connectivity index (χ1n) is 5.30. The second-order valence-electron chi connectivity index (χ2n) is 3.78. The maximum Gasteiger partial charge on any atom is 0.161 e. The van der Waals surface area contributed by atoms with Gasteiger partial charge in [0.15, 0.2) is 11.5 Å². The summed E-state index contributed by atoms with van der Waals surface area (Å²) >= 11 is 0. The third-order valence-corrected chi connectivity index (χ3v) is 2.19. The van der Waals surface area contributed by atoms with Crippen molar-refractivity contribution in [2.45, 2.75) is 20.4 Å². The minimum atomic E-state index is 0.505. The number of hydrogen-bond donors (Lipinski definition) is 1. The summed E-state index contributed by atoms with van der Waals surface area (Å²) in [6.45, 7) is 5.14. The van der Waals surface area contributed by atoms with Gasteiger partial charge in [-0.15, -0.1) is 0 Å². The van der Waals surface area contributed by atoms with Crippen LogP contribution in [0.4, 0.5) is 0 Å². The number of allylic oxidation sites excluding steroid dienone is 1. The smallest absolute Gasteiger partial charge is 0.161 e. The molecule has 16 heavy (non-hydrogen) atoms. The summed E-state index contributed by atoms with van der Waals surface area (Å²) in [5.74, 6) is 1.47. The van der Waals surface area contributed by atoms with Crippen molar-refractivity contribution in [1.82, 2.24) is 0 Å². The minimum absolute atomic E-state index is 0.505. The second-order valence-corrected chi connectivity index (χ2v) is 3.78. The van der Waals surface area contributed by atoms with Crippen LogP contribution in [0, 0.1) is 0 Å². The Bertz CT molecular complexity index is 368. The molecular formula is C13H19NO2. The molecule has 3 heteroatoms. The third kappa shape index (κ3) is 3.59. The average Bonchev–Trinajstić information content (AvgIpc) is 2.29. The van der Waals surface area contributed by atoms with Crippen LogP contribution in [0.1, 0.15) is 19.4 Å². The van der Waals surface area contributed by atoms with E-state index in [0.717, 1.165) is 17.1 Å². The van der Waals surface area contributed by atoms with Crippen molar-refractivity contribution in [3.8, 4) is 11.5 Å². The van der Waals surface area contributed by atoms with Crippen LogP contribution < -0.4 is 15.2 Å². The van der Waals surface area contributed by atoms with E-state index in [2.05, 4.69) is 0 Å². The van der Waals surface area contributed by atoms with Crippen LogP contribution >= 0.6 is 0 Å². The Morgan fingerprint density at radius 3 is 2.62 bits per heavy atom. The molecule has 0 aliphatic heterocycles. The largest absolute Gasteiger partial charge is 0.493 e. The summed E-state index contributed by atoms with van der Waals surface area (Å²) in [4.78, 5) is 0. The molecule has 0 atom stereocenters. The summed E-state index contributed by atoms with van der Waals surface area (Å²) in [5, 5.41) is 0. The SMILES string of the molecule is COc1cc(CN)ccc1OCC=C(C)C. The van der Waals surface area contributed by atoms with Crippen LogP contribution in [0.5, 0.6) is 11.5 Å². The summed E-state index contributed by atoms with van der Waals surface area (Å²) in [5.41, 5.74) is 7.83. The van der Waals surface area contributed by atoms with Gasteiger partial charge in [0.05, 0.1) is 7.11 Å². The maximum atomic E-state index is 5.60. The van der Waals surface area contributed by atoms with Gasteiger partial charge in [0.2, 0.25) is 0 Å². The zero-order valence-corrected chi connectivity index (χ0v) is 10.1. The lowest BCUT2D eigenvalue weighted by Crippen LogP contribution is -2.00. The summed E-state index contributed by atoms with van der Waals surface area (Å²) < 4.78 is 10.8. The van der Waals surface area contributed by atoms with Gasteiger partial charge < -0.3 is 15.2 Å². The number of hydrogen-bond acceptors (Lipinski definition) is 3. The van der Waals surface area contributed by atoms with E-state index in [1.165, 1.54) is 5.57 Å². The Kier molecular flexibility index (Phi) is 4.86. The fourth-order valence-corrected chi connectivity index (χ4v) is 1.26. The molecule has 0 heterocycles. The quantitative estimate of drug-likeness (QED) is 0.777. The maximum absolute atomic E-state index is 5.60. The fourth-order valence-electron chi connectivity index (χ4n) is 1.26. The van der Waals surface area contributed by atoms with E-state index in [9.17, 15) is 0 Å². The van der Waals surface area contributed by atoms with E-state index >= 15 is 0 Å². The molecule has 2 N–H and O–H groups in total. The predicted octanol–water partition coefficient (Wildman–Crippen LogP) is 2.50. The van der Waals surface area contributed by atoms with Crippen molar-refractivity contribution < 1.29 is 9.47 Å². The summed E-state index contributed by atoms with van der Waals surface area (Å²) in [7, 11) is 1.63. The molecule has 3 nitrogen and oxygen atoms in total. The highest BCUT2D eigenvalue weighted by Gasteiger charge is 2.04. The molecule has 0 fully saturated rings. The number of benzene rings is 1.